The summed E-state index contributed by atoms with van der Waals surface area (Å²) in [5.41, 5.74) is 0. The number of carbonyl (C=O) groups is 1. The van der Waals surface area contributed by atoms with Crippen LogP contribution in [0.1, 0.15) is 33.6 Å². The number of likely N-dealkylation sites (N-methyl/N-ethyl adjacent to an activating group) is 1. The molecule has 1 fully saturated rings. The fraction of sp³-hybridized carbons (Fsp3) is 0.917. The highest BCUT2D eigenvalue weighted by Gasteiger charge is 2.29. The van der Waals surface area contributed by atoms with Gasteiger partial charge in [-0.15, -0.1) is 0 Å². The lowest BCUT2D eigenvalue weighted by Crippen LogP contribution is -2.37. The molecule has 16 heavy (non-hydrogen) atoms. The lowest BCUT2D eigenvalue weighted by molar-refractivity contribution is -0.129. The predicted octanol–water partition coefficient (Wildman–Crippen LogP) is 0.886. The van der Waals surface area contributed by atoms with E-state index in [0.717, 1.165) is 39.3 Å². The summed E-state index contributed by atoms with van der Waals surface area (Å²) in [6.45, 7) is 11.2. The van der Waals surface area contributed by atoms with Crippen LogP contribution in [0, 0.1) is 0 Å². The van der Waals surface area contributed by atoms with E-state index in [9.17, 15) is 4.79 Å². The van der Waals surface area contributed by atoms with E-state index in [2.05, 4.69) is 31.0 Å². The van der Waals surface area contributed by atoms with Gasteiger partial charge in [-0.2, -0.15) is 0 Å². The molecule has 1 atom stereocenters. The zero-order chi connectivity index (χ0) is 12.0. The third kappa shape index (κ3) is 3.46. The summed E-state index contributed by atoms with van der Waals surface area (Å²) in [7, 11) is 0. The Hall–Kier alpha value is -0.610. The van der Waals surface area contributed by atoms with Gasteiger partial charge in [0.15, 0.2) is 0 Å². The van der Waals surface area contributed by atoms with Gasteiger partial charge in [-0.25, -0.2) is 0 Å². The fourth-order valence-electron chi connectivity index (χ4n) is 2.12. The lowest BCUT2D eigenvalue weighted by Gasteiger charge is -2.23. The summed E-state index contributed by atoms with van der Waals surface area (Å²) in [4.78, 5) is 16.2. The minimum Gasteiger partial charge on any atom is -0.327 e. The quantitative estimate of drug-likeness (QED) is 0.701. The van der Waals surface area contributed by atoms with Crippen molar-refractivity contribution < 1.29 is 4.79 Å². The molecule has 94 valence electrons. The van der Waals surface area contributed by atoms with Crippen molar-refractivity contribution in [2.24, 2.45) is 0 Å². The maximum Gasteiger partial charge on any atom is 0.240 e. The number of hydrogen-bond acceptors (Lipinski definition) is 3. The van der Waals surface area contributed by atoms with E-state index in [1.165, 1.54) is 6.42 Å². The van der Waals surface area contributed by atoms with Crippen LogP contribution in [0.15, 0.2) is 0 Å². The summed E-state index contributed by atoms with van der Waals surface area (Å²) < 4.78 is 0. The molecular weight excluding hydrogens is 202 g/mol. The van der Waals surface area contributed by atoms with Gasteiger partial charge in [0.1, 0.15) is 0 Å². The molecule has 1 unspecified atom stereocenters. The van der Waals surface area contributed by atoms with Crippen molar-refractivity contribution in [1.29, 1.82) is 0 Å². The predicted molar refractivity (Wildman–Crippen MR) is 66.2 cm³/mol. The first-order valence-corrected chi connectivity index (χ1v) is 6.47. The third-order valence-electron chi connectivity index (χ3n) is 3.22. The number of hydrogen-bond donors (Lipinski definition) is 1. The van der Waals surface area contributed by atoms with Gasteiger partial charge in [-0.1, -0.05) is 20.8 Å². The van der Waals surface area contributed by atoms with Crippen LogP contribution in [-0.2, 0) is 4.79 Å². The van der Waals surface area contributed by atoms with Gasteiger partial charge in [-0.3, -0.25) is 10.1 Å². The maximum absolute atomic E-state index is 11.8. The van der Waals surface area contributed by atoms with Gasteiger partial charge in [0.25, 0.3) is 0 Å². The second kappa shape index (κ2) is 6.86. The average Bonchev–Trinajstić information content (AvgIpc) is 2.65. The van der Waals surface area contributed by atoms with E-state index in [1.807, 2.05) is 4.90 Å². The third-order valence-corrected chi connectivity index (χ3v) is 3.22. The molecule has 0 aromatic heterocycles. The van der Waals surface area contributed by atoms with Gasteiger partial charge in [-0.05, 0) is 25.9 Å². The number of nitrogens with one attached hydrogen (secondary N) is 1. The molecule has 0 bridgehead atoms. The molecule has 4 heteroatoms. The van der Waals surface area contributed by atoms with E-state index in [-0.39, 0.29) is 11.9 Å². The Labute approximate surface area is 99.0 Å². The minimum absolute atomic E-state index is 0.0567. The molecule has 0 saturated carbocycles. The van der Waals surface area contributed by atoms with E-state index in [1.54, 1.807) is 0 Å². The van der Waals surface area contributed by atoms with Crippen molar-refractivity contribution in [3.63, 3.8) is 0 Å². The van der Waals surface area contributed by atoms with E-state index >= 15 is 0 Å². The molecule has 0 spiro atoms. The zero-order valence-corrected chi connectivity index (χ0v) is 10.8. The minimum atomic E-state index is 0.0567. The Balaban J connectivity index is 2.30. The van der Waals surface area contributed by atoms with E-state index < -0.39 is 0 Å². The smallest absolute Gasteiger partial charge is 0.240 e. The second-order valence-corrected chi connectivity index (χ2v) is 4.36. The molecule has 1 aliphatic rings. The summed E-state index contributed by atoms with van der Waals surface area (Å²) in [6.07, 6.45) is 2.07. The van der Waals surface area contributed by atoms with Crippen LogP contribution < -0.4 is 5.32 Å². The summed E-state index contributed by atoms with van der Waals surface area (Å²) in [5.74, 6) is 0.273. The van der Waals surface area contributed by atoms with Crippen molar-refractivity contribution in [3.05, 3.63) is 0 Å². The Kier molecular flexibility index (Phi) is 5.77. The first-order chi connectivity index (χ1) is 7.72. The Morgan fingerprint density at radius 2 is 2.12 bits per heavy atom. The standard InChI is InChI=1S/C12H25N3O/c1-4-7-14(6-3)8-9-15-10-13-11(5-2)12(15)16/h11,13H,4-10H2,1-3H3. The molecule has 1 rings (SSSR count). The van der Waals surface area contributed by atoms with Gasteiger partial charge in [0, 0.05) is 13.1 Å². The molecule has 0 aromatic rings. The molecule has 0 aliphatic carbocycles. The van der Waals surface area contributed by atoms with Gasteiger partial charge >= 0.3 is 0 Å². The highest BCUT2D eigenvalue weighted by atomic mass is 16.2. The van der Waals surface area contributed by atoms with Crippen molar-refractivity contribution in [1.82, 2.24) is 15.1 Å². The molecule has 0 aromatic carbocycles. The highest BCUT2D eigenvalue weighted by Crippen LogP contribution is 2.06. The Bertz CT molecular complexity index is 220. The van der Waals surface area contributed by atoms with Crippen LogP contribution in [0.3, 0.4) is 0 Å². The van der Waals surface area contributed by atoms with Crippen molar-refractivity contribution in [3.8, 4) is 0 Å². The molecule has 1 aliphatic heterocycles. The largest absolute Gasteiger partial charge is 0.327 e. The van der Waals surface area contributed by atoms with E-state index in [0.29, 0.717) is 0 Å². The van der Waals surface area contributed by atoms with Crippen LogP contribution in [0.5, 0.6) is 0 Å². The average molecular weight is 227 g/mol. The highest BCUT2D eigenvalue weighted by molar-refractivity contribution is 5.83. The Morgan fingerprint density at radius 3 is 2.62 bits per heavy atom. The normalized spacial score (nSPS) is 21.1. The maximum atomic E-state index is 11.8. The van der Waals surface area contributed by atoms with Crippen LogP contribution in [0.4, 0.5) is 0 Å². The number of nitrogens with zero attached hydrogens (tertiary/aromatic N) is 2. The first kappa shape index (κ1) is 13.5. The SMILES string of the molecule is CCCN(CC)CCN1CNC(CC)C1=O. The van der Waals surface area contributed by atoms with Crippen molar-refractivity contribution >= 4 is 5.91 Å². The van der Waals surface area contributed by atoms with Gasteiger partial charge in [0.2, 0.25) is 5.91 Å². The molecule has 0 radical (unpaired) electrons. The second-order valence-electron chi connectivity index (χ2n) is 4.36. The molecule has 1 amide bonds. The molecular formula is C12H25N3O. The number of carbonyl (C=O) groups excluding carboxylic acids is 1. The summed E-state index contributed by atoms with van der Waals surface area (Å²) in [5, 5.41) is 3.24. The van der Waals surface area contributed by atoms with Gasteiger partial charge in [0.05, 0.1) is 12.7 Å². The monoisotopic (exact) mass is 227 g/mol. The molecule has 1 saturated heterocycles. The molecule has 1 heterocycles. The van der Waals surface area contributed by atoms with E-state index in [4.69, 9.17) is 0 Å². The number of rotatable bonds is 7. The summed E-state index contributed by atoms with van der Waals surface area (Å²) in [6, 6.07) is 0.0567. The van der Waals surface area contributed by atoms with Crippen molar-refractivity contribution in [2.45, 2.75) is 39.7 Å². The molecule has 4 nitrogen and oxygen atoms in total. The van der Waals surface area contributed by atoms with Crippen LogP contribution >= 0.6 is 0 Å². The lowest BCUT2D eigenvalue weighted by atomic mass is 10.2. The first-order valence-electron chi connectivity index (χ1n) is 6.47. The van der Waals surface area contributed by atoms with Crippen LogP contribution in [-0.4, -0.2) is 54.6 Å². The number of amides is 1. The van der Waals surface area contributed by atoms with Gasteiger partial charge < -0.3 is 9.80 Å². The Morgan fingerprint density at radius 1 is 1.38 bits per heavy atom. The summed E-state index contributed by atoms with van der Waals surface area (Å²) >= 11 is 0. The van der Waals surface area contributed by atoms with Crippen LogP contribution in [0.2, 0.25) is 0 Å². The zero-order valence-electron chi connectivity index (χ0n) is 10.8. The van der Waals surface area contributed by atoms with Crippen LogP contribution in [0.25, 0.3) is 0 Å². The molecule has 1 N–H and O–H groups in total. The topological polar surface area (TPSA) is 35.6 Å². The fourth-order valence-corrected chi connectivity index (χ4v) is 2.12. The van der Waals surface area contributed by atoms with Crippen molar-refractivity contribution in [2.75, 3.05) is 32.8 Å².